The minimum Gasteiger partial charge on any atom is -0.349 e. The molecule has 1 aromatic heterocycles. The van der Waals surface area contributed by atoms with Crippen LogP contribution in [0.2, 0.25) is 0 Å². The highest BCUT2D eigenvalue weighted by Crippen LogP contribution is 2.18. The molecule has 5 nitrogen and oxygen atoms in total. The van der Waals surface area contributed by atoms with Crippen LogP contribution in [0.5, 0.6) is 0 Å². The Morgan fingerprint density at radius 1 is 1.37 bits per heavy atom. The van der Waals surface area contributed by atoms with E-state index in [0.29, 0.717) is 24.5 Å². The normalized spacial score (nSPS) is 12.9. The zero-order valence-corrected chi connectivity index (χ0v) is 13.0. The van der Waals surface area contributed by atoms with Crippen LogP contribution in [0, 0.1) is 5.41 Å². The molecule has 0 fully saturated rings. The predicted molar refractivity (Wildman–Crippen MR) is 77.3 cm³/mol. The minimum absolute atomic E-state index is 0.111. The van der Waals surface area contributed by atoms with Gasteiger partial charge in [-0.05, 0) is 24.8 Å². The second-order valence-corrected chi connectivity index (χ2v) is 7.63. The third-order valence-corrected chi connectivity index (χ3v) is 4.42. The van der Waals surface area contributed by atoms with E-state index in [1.54, 1.807) is 12.3 Å². The first-order valence-corrected chi connectivity index (χ1v) is 8.06. The average molecular weight is 287 g/mol. The minimum atomic E-state index is -3.43. The average Bonchev–Trinajstić information content (AvgIpc) is 2.70. The molecule has 3 N–H and O–H groups in total. The number of nitrogens with one attached hydrogen (secondary N) is 1. The number of rotatable bonds is 6. The van der Waals surface area contributed by atoms with Crippen LogP contribution in [0.4, 0.5) is 0 Å². The third-order valence-electron chi connectivity index (χ3n) is 2.99. The maximum absolute atomic E-state index is 12.2. The molecule has 6 heteroatoms. The lowest BCUT2D eigenvalue weighted by atomic mass is 9.93. The topological polar surface area (TPSA) is 77.1 Å². The van der Waals surface area contributed by atoms with E-state index < -0.39 is 10.0 Å². The number of hydrogen-bond acceptors (Lipinski definition) is 3. The SMILES string of the molecule is CCn1cc(S(=O)(=O)NCCC(C)(C)C)cc1CN. The zero-order chi connectivity index (χ0) is 14.7. The number of sulfonamides is 1. The fourth-order valence-corrected chi connectivity index (χ4v) is 2.88. The van der Waals surface area contributed by atoms with E-state index in [1.165, 1.54) is 0 Å². The highest BCUT2D eigenvalue weighted by atomic mass is 32.2. The summed E-state index contributed by atoms with van der Waals surface area (Å²) in [6.07, 6.45) is 2.44. The molecule has 0 unspecified atom stereocenters. The van der Waals surface area contributed by atoms with Gasteiger partial charge in [0.2, 0.25) is 10.0 Å². The van der Waals surface area contributed by atoms with Crippen molar-refractivity contribution >= 4 is 10.0 Å². The molecule has 1 heterocycles. The molecule has 1 aromatic rings. The summed E-state index contributed by atoms with van der Waals surface area (Å²) >= 11 is 0. The van der Waals surface area contributed by atoms with E-state index in [4.69, 9.17) is 5.73 Å². The van der Waals surface area contributed by atoms with Gasteiger partial charge in [0.25, 0.3) is 0 Å². The van der Waals surface area contributed by atoms with Crippen LogP contribution in [-0.2, 0) is 23.1 Å². The maximum Gasteiger partial charge on any atom is 0.242 e. The van der Waals surface area contributed by atoms with E-state index in [9.17, 15) is 8.42 Å². The lowest BCUT2D eigenvalue weighted by molar-refractivity contribution is 0.378. The van der Waals surface area contributed by atoms with Gasteiger partial charge in [-0.3, -0.25) is 0 Å². The highest BCUT2D eigenvalue weighted by Gasteiger charge is 2.18. The van der Waals surface area contributed by atoms with E-state index in [-0.39, 0.29) is 5.41 Å². The monoisotopic (exact) mass is 287 g/mol. The van der Waals surface area contributed by atoms with Crippen LogP contribution < -0.4 is 10.5 Å². The number of hydrogen-bond donors (Lipinski definition) is 2. The molecule has 0 aliphatic carbocycles. The van der Waals surface area contributed by atoms with Crippen molar-refractivity contribution in [3.8, 4) is 0 Å². The number of aryl methyl sites for hydroxylation is 1. The van der Waals surface area contributed by atoms with Crippen LogP contribution in [-0.4, -0.2) is 19.5 Å². The molecule has 0 amide bonds. The Kier molecular flexibility index (Phi) is 5.18. The summed E-state index contributed by atoms with van der Waals surface area (Å²) in [4.78, 5) is 0.295. The van der Waals surface area contributed by atoms with Crippen molar-refractivity contribution in [1.82, 2.24) is 9.29 Å². The van der Waals surface area contributed by atoms with Crippen molar-refractivity contribution < 1.29 is 8.42 Å². The Morgan fingerprint density at radius 3 is 2.42 bits per heavy atom. The van der Waals surface area contributed by atoms with Crippen LogP contribution in [0.1, 0.15) is 39.8 Å². The van der Waals surface area contributed by atoms with Crippen LogP contribution in [0.15, 0.2) is 17.2 Å². The van der Waals surface area contributed by atoms with Crippen molar-refractivity contribution in [3.05, 3.63) is 18.0 Å². The standard InChI is InChI=1S/C13H25N3O2S/c1-5-16-10-12(8-11(16)9-14)19(17,18)15-7-6-13(2,3)4/h8,10,15H,5-7,9,14H2,1-4H3. The lowest BCUT2D eigenvalue weighted by Gasteiger charge is -2.17. The molecule has 1 rings (SSSR count). The van der Waals surface area contributed by atoms with Gasteiger partial charge in [-0.25, -0.2) is 13.1 Å². The van der Waals surface area contributed by atoms with Crippen molar-refractivity contribution in [3.63, 3.8) is 0 Å². The van der Waals surface area contributed by atoms with Crippen LogP contribution in [0.25, 0.3) is 0 Å². The fraction of sp³-hybridized carbons (Fsp3) is 0.692. The Labute approximate surface area is 116 Å². The third kappa shape index (κ3) is 4.63. The Hall–Kier alpha value is -0.850. The first-order valence-electron chi connectivity index (χ1n) is 6.58. The Morgan fingerprint density at radius 2 is 2.00 bits per heavy atom. The molecule has 0 atom stereocenters. The molecule has 19 heavy (non-hydrogen) atoms. The molecule has 110 valence electrons. The number of aromatic nitrogens is 1. The zero-order valence-electron chi connectivity index (χ0n) is 12.2. The van der Waals surface area contributed by atoms with Crippen molar-refractivity contribution in [2.75, 3.05) is 6.54 Å². The first-order chi connectivity index (χ1) is 8.69. The summed E-state index contributed by atoms with van der Waals surface area (Å²) < 4.78 is 28.8. The molecular weight excluding hydrogens is 262 g/mol. The van der Waals surface area contributed by atoms with Crippen molar-refractivity contribution in [2.45, 2.75) is 52.1 Å². The van der Waals surface area contributed by atoms with Gasteiger partial charge in [0, 0.05) is 31.5 Å². The number of nitrogens with zero attached hydrogens (tertiary/aromatic N) is 1. The second-order valence-electron chi connectivity index (χ2n) is 5.87. The van der Waals surface area contributed by atoms with Gasteiger partial charge in [0.15, 0.2) is 0 Å². The largest absolute Gasteiger partial charge is 0.349 e. The van der Waals surface area contributed by atoms with E-state index in [0.717, 1.165) is 12.1 Å². The van der Waals surface area contributed by atoms with Gasteiger partial charge in [-0.1, -0.05) is 20.8 Å². The van der Waals surface area contributed by atoms with Gasteiger partial charge >= 0.3 is 0 Å². The molecule has 0 aromatic carbocycles. The fourth-order valence-electron chi connectivity index (χ4n) is 1.78. The molecule has 0 saturated carbocycles. The molecule has 0 bridgehead atoms. The van der Waals surface area contributed by atoms with E-state index in [1.807, 2.05) is 11.5 Å². The summed E-state index contributed by atoms with van der Waals surface area (Å²) in [5, 5.41) is 0. The molecule has 0 aliphatic heterocycles. The van der Waals surface area contributed by atoms with Crippen LogP contribution >= 0.6 is 0 Å². The van der Waals surface area contributed by atoms with Gasteiger partial charge in [0.05, 0.1) is 4.90 Å². The highest BCUT2D eigenvalue weighted by molar-refractivity contribution is 7.89. The number of nitrogens with two attached hydrogens (primary N) is 1. The van der Waals surface area contributed by atoms with Gasteiger partial charge in [-0.15, -0.1) is 0 Å². The second kappa shape index (κ2) is 6.07. The van der Waals surface area contributed by atoms with Crippen LogP contribution in [0.3, 0.4) is 0 Å². The molecular formula is C13H25N3O2S. The molecule has 0 radical (unpaired) electrons. The Balaban J connectivity index is 2.80. The van der Waals surface area contributed by atoms with Gasteiger partial charge < -0.3 is 10.3 Å². The maximum atomic E-state index is 12.2. The summed E-state index contributed by atoms with van der Waals surface area (Å²) in [5.74, 6) is 0. The smallest absolute Gasteiger partial charge is 0.242 e. The Bertz CT molecular complexity index is 491. The molecule has 0 aliphatic rings. The molecule has 0 spiro atoms. The molecule has 0 saturated heterocycles. The summed E-state index contributed by atoms with van der Waals surface area (Å²) in [5.41, 5.74) is 6.55. The lowest BCUT2D eigenvalue weighted by Crippen LogP contribution is -2.27. The van der Waals surface area contributed by atoms with Gasteiger partial charge in [0.1, 0.15) is 0 Å². The summed E-state index contributed by atoms with van der Waals surface area (Å²) in [6.45, 7) is 9.71. The summed E-state index contributed by atoms with van der Waals surface area (Å²) in [7, 11) is -3.43. The van der Waals surface area contributed by atoms with Gasteiger partial charge in [-0.2, -0.15) is 0 Å². The predicted octanol–water partition coefficient (Wildman–Crippen LogP) is 1.68. The first kappa shape index (κ1) is 16.2. The summed E-state index contributed by atoms with van der Waals surface area (Å²) in [6, 6.07) is 1.64. The van der Waals surface area contributed by atoms with E-state index >= 15 is 0 Å². The van der Waals surface area contributed by atoms with Crippen molar-refractivity contribution in [1.29, 1.82) is 0 Å². The van der Waals surface area contributed by atoms with E-state index in [2.05, 4.69) is 25.5 Å². The van der Waals surface area contributed by atoms with Crippen molar-refractivity contribution in [2.24, 2.45) is 11.1 Å². The quantitative estimate of drug-likeness (QED) is 0.835.